The number of rotatable bonds is 4. The first-order valence-corrected chi connectivity index (χ1v) is 11.9. The fraction of sp³-hybridized carbons (Fsp3) is 0.259. The van der Waals surface area contributed by atoms with Gasteiger partial charge in [0.1, 0.15) is 6.61 Å². The third-order valence-electron chi connectivity index (χ3n) is 7.01. The number of amides is 2. The van der Waals surface area contributed by atoms with Gasteiger partial charge < -0.3 is 15.0 Å². The summed E-state index contributed by atoms with van der Waals surface area (Å²) in [6, 6.07) is 15.8. The van der Waals surface area contributed by atoms with Gasteiger partial charge in [0.2, 0.25) is 5.91 Å². The maximum Gasteiger partial charge on any atom is 0.414 e. The van der Waals surface area contributed by atoms with E-state index < -0.39 is 17.7 Å². The lowest BCUT2D eigenvalue weighted by molar-refractivity contribution is -0.117. The third-order valence-corrected chi connectivity index (χ3v) is 7.01. The topological polar surface area (TPSA) is 77.7 Å². The van der Waals surface area contributed by atoms with E-state index in [-0.39, 0.29) is 25.1 Å². The fourth-order valence-corrected chi connectivity index (χ4v) is 5.24. The summed E-state index contributed by atoms with van der Waals surface area (Å²) in [6.07, 6.45) is 0.613. The van der Waals surface area contributed by atoms with Crippen LogP contribution in [0.1, 0.15) is 18.4 Å². The summed E-state index contributed by atoms with van der Waals surface area (Å²) in [5.74, 6) is -2.07. The van der Waals surface area contributed by atoms with Crippen LogP contribution in [0.5, 0.6) is 0 Å². The Morgan fingerprint density at radius 1 is 1.00 bits per heavy atom. The first kappa shape index (κ1) is 22.5. The van der Waals surface area contributed by atoms with Crippen LogP contribution in [-0.2, 0) is 16.1 Å². The number of ether oxygens (including phenoxy) is 1. The zero-order valence-electron chi connectivity index (χ0n) is 19.4. The summed E-state index contributed by atoms with van der Waals surface area (Å²) in [5, 5.41) is 5.14. The average Bonchev–Trinajstić information content (AvgIpc) is 3.24. The Balaban J connectivity index is 1.10. The Morgan fingerprint density at radius 2 is 1.75 bits per heavy atom. The molecule has 0 saturated carbocycles. The molecule has 3 heterocycles. The molecule has 2 aliphatic rings. The Kier molecular flexibility index (Phi) is 5.56. The quantitative estimate of drug-likeness (QED) is 0.414. The van der Waals surface area contributed by atoms with Gasteiger partial charge in [-0.2, -0.15) is 0 Å². The third kappa shape index (κ3) is 4.05. The number of benzene rings is 3. The minimum absolute atomic E-state index is 0.0782. The number of H-pyrrole nitrogens is 1. The number of hydrogen-bond acceptors (Lipinski definition) is 4. The molecule has 0 spiro atoms. The molecule has 1 aromatic heterocycles. The molecular weight excluding hydrogens is 466 g/mol. The van der Waals surface area contributed by atoms with Crippen molar-refractivity contribution in [3.05, 3.63) is 71.8 Å². The molecule has 36 heavy (non-hydrogen) atoms. The largest absolute Gasteiger partial charge is 0.444 e. The van der Waals surface area contributed by atoms with Crippen molar-refractivity contribution >= 4 is 45.2 Å². The Hall–Kier alpha value is -3.98. The van der Waals surface area contributed by atoms with Crippen molar-refractivity contribution in [3.8, 4) is 0 Å². The molecule has 1 fully saturated rings. The molecule has 2 aliphatic heterocycles. The molecular formula is C27H24F2N4O3. The number of cyclic esters (lactones) is 1. The molecule has 0 aliphatic carbocycles. The highest BCUT2D eigenvalue weighted by Crippen LogP contribution is 2.33. The SMILES string of the molecule is O=C(CN1CCC(N2C(=O)OCc3cc(F)c(F)cc32)CC1)Nc1ccc2[nH]c3ccccc3c2c1. The maximum absolute atomic E-state index is 13.9. The number of fused-ring (bicyclic) bond motifs is 4. The van der Waals surface area contributed by atoms with Gasteiger partial charge in [-0.05, 0) is 43.2 Å². The van der Waals surface area contributed by atoms with Crippen LogP contribution in [0.2, 0.25) is 0 Å². The second kappa shape index (κ2) is 8.91. The number of hydrogen-bond donors (Lipinski definition) is 2. The van der Waals surface area contributed by atoms with Crippen molar-refractivity contribution < 1.29 is 23.1 Å². The molecule has 1 saturated heterocycles. The lowest BCUT2D eigenvalue weighted by Gasteiger charge is -2.40. The summed E-state index contributed by atoms with van der Waals surface area (Å²) in [4.78, 5) is 32.1. The fourth-order valence-electron chi connectivity index (χ4n) is 5.24. The number of para-hydroxylation sites is 1. The van der Waals surface area contributed by atoms with E-state index in [2.05, 4.69) is 10.3 Å². The monoisotopic (exact) mass is 490 g/mol. The van der Waals surface area contributed by atoms with Crippen LogP contribution in [0.3, 0.4) is 0 Å². The second-order valence-corrected chi connectivity index (χ2v) is 9.31. The molecule has 0 atom stereocenters. The predicted octanol–water partition coefficient (Wildman–Crippen LogP) is 5.16. The number of piperidine rings is 1. The summed E-state index contributed by atoms with van der Waals surface area (Å²) in [5.41, 5.74) is 3.59. The van der Waals surface area contributed by atoms with Crippen LogP contribution in [0, 0.1) is 11.6 Å². The Morgan fingerprint density at radius 3 is 2.58 bits per heavy atom. The number of nitrogens with one attached hydrogen (secondary N) is 2. The number of aromatic nitrogens is 1. The average molecular weight is 491 g/mol. The molecule has 9 heteroatoms. The summed E-state index contributed by atoms with van der Waals surface area (Å²) < 4.78 is 32.7. The highest BCUT2D eigenvalue weighted by Gasteiger charge is 2.35. The molecule has 2 amide bonds. The molecule has 4 aromatic rings. The standard InChI is InChI=1S/C27H24F2N4O3/c28-21-11-16-15-36-27(35)33(25(16)13-22(21)29)18-7-9-32(10-8-18)14-26(34)30-17-5-6-24-20(12-17)19-3-1-2-4-23(19)31-24/h1-6,11-13,18,31H,7-10,14-15H2,(H,30,34). The summed E-state index contributed by atoms with van der Waals surface area (Å²) in [6.45, 7) is 1.31. The first-order valence-electron chi connectivity index (χ1n) is 11.9. The Labute approximate surface area is 205 Å². The summed E-state index contributed by atoms with van der Waals surface area (Å²) >= 11 is 0. The van der Waals surface area contributed by atoms with Crippen molar-refractivity contribution in [2.24, 2.45) is 0 Å². The molecule has 0 radical (unpaired) electrons. The van der Waals surface area contributed by atoms with Crippen LogP contribution in [0.25, 0.3) is 21.8 Å². The van der Waals surface area contributed by atoms with Crippen molar-refractivity contribution in [1.29, 1.82) is 0 Å². The van der Waals surface area contributed by atoms with Gasteiger partial charge in [0.15, 0.2) is 11.6 Å². The van der Waals surface area contributed by atoms with Crippen molar-refractivity contribution in [2.45, 2.75) is 25.5 Å². The van der Waals surface area contributed by atoms with Crippen LogP contribution in [0.15, 0.2) is 54.6 Å². The molecule has 6 rings (SSSR count). The maximum atomic E-state index is 13.9. The minimum Gasteiger partial charge on any atom is -0.444 e. The van der Waals surface area contributed by atoms with Gasteiger partial charge >= 0.3 is 6.09 Å². The number of carbonyl (C=O) groups is 2. The van der Waals surface area contributed by atoms with Crippen molar-refractivity contribution in [1.82, 2.24) is 9.88 Å². The van der Waals surface area contributed by atoms with E-state index >= 15 is 0 Å². The lowest BCUT2D eigenvalue weighted by atomic mass is 10.0. The van der Waals surface area contributed by atoms with Crippen LogP contribution in [0.4, 0.5) is 25.0 Å². The zero-order chi connectivity index (χ0) is 24.8. The van der Waals surface area contributed by atoms with E-state index in [9.17, 15) is 18.4 Å². The molecule has 184 valence electrons. The molecule has 7 nitrogen and oxygen atoms in total. The highest BCUT2D eigenvalue weighted by atomic mass is 19.2. The van der Waals surface area contributed by atoms with E-state index in [1.807, 2.05) is 47.4 Å². The van der Waals surface area contributed by atoms with Gasteiger partial charge in [0.25, 0.3) is 0 Å². The number of nitrogens with zero attached hydrogens (tertiary/aromatic N) is 2. The van der Waals surface area contributed by atoms with E-state index in [0.717, 1.165) is 39.6 Å². The van der Waals surface area contributed by atoms with E-state index in [1.165, 1.54) is 4.90 Å². The molecule has 0 bridgehead atoms. The van der Waals surface area contributed by atoms with Gasteiger partial charge in [0.05, 0.1) is 12.2 Å². The normalized spacial score (nSPS) is 16.8. The van der Waals surface area contributed by atoms with Gasteiger partial charge in [0, 0.05) is 58.3 Å². The molecule has 2 N–H and O–H groups in total. The minimum atomic E-state index is -0.992. The van der Waals surface area contributed by atoms with Gasteiger partial charge in [-0.15, -0.1) is 0 Å². The van der Waals surface area contributed by atoms with E-state index in [1.54, 1.807) is 0 Å². The van der Waals surface area contributed by atoms with Gasteiger partial charge in [-0.3, -0.25) is 14.6 Å². The number of carbonyl (C=O) groups excluding carboxylic acids is 2. The predicted molar refractivity (Wildman–Crippen MR) is 133 cm³/mol. The molecule has 0 unspecified atom stereocenters. The Bertz CT molecular complexity index is 1490. The summed E-state index contributed by atoms with van der Waals surface area (Å²) in [7, 11) is 0. The van der Waals surface area contributed by atoms with Crippen LogP contribution < -0.4 is 10.2 Å². The van der Waals surface area contributed by atoms with Gasteiger partial charge in [-0.25, -0.2) is 13.6 Å². The number of halogens is 2. The van der Waals surface area contributed by atoms with E-state index in [0.29, 0.717) is 37.2 Å². The number of aromatic amines is 1. The lowest BCUT2D eigenvalue weighted by Crippen LogP contribution is -2.50. The van der Waals surface area contributed by atoms with Crippen molar-refractivity contribution in [2.75, 3.05) is 29.9 Å². The van der Waals surface area contributed by atoms with Crippen LogP contribution in [-0.4, -0.2) is 47.6 Å². The van der Waals surface area contributed by atoms with Crippen LogP contribution >= 0.6 is 0 Å². The number of anilines is 2. The van der Waals surface area contributed by atoms with Crippen molar-refractivity contribution in [3.63, 3.8) is 0 Å². The van der Waals surface area contributed by atoms with E-state index in [4.69, 9.17) is 4.74 Å². The highest BCUT2D eigenvalue weighted by molar-refractivity contribution is 6.09. The second-order valence-electron chi connectivity index (χ2n) is 9.31. The molecule has 3 aromatic carbocycles. The number of likely N-dealkylation sites (tertiary alicyclic amines) is 1. The first-order chi connectivity index (χ1) is 17.5. The smallest absolute Gasteiger partial charge is 0.414 e. The van der Waals surface area contributed by atoms with Gasteiger partial charge in [-0.1, -0.05) is 18.2 Å². The zero-order valence-corrected chi connectivity index (χ0v) is 19.4.